The van der Waals surface area contributed by atoms with Crippen molar-refractivity contribution in [3.63, 3.8) is 0 Å². The summed E-state index contributed by atoms with van der Waals surface area (Å²) in [6, 6.07) is 0. The number of hydrogen-bond donors (Lipinski definition) is 0. The fourth-order valence-electron chi connectivity index (χ4n) is 31.5. The number of carbonyl (C=O) groups excluding carboxylic acids is 6. The first-order valence-electron chi connectivity index (χ1n) is 47.6. The van der Waals surface area contributed by atoms with Crippen LogP contribution in [0.4, 0.5) is 0 Å². The predicted octanol–water partition coefficient (Wildman–Crippen LogP) is 24.3. The Bertz CT molecular complexity index is 3130. The lowest BCUT2D eigenvalue weighted by Crippen LogP contribution is -2.50. The third kappa shape index (κ3) is 14.6. The lowest BCUT2D eigenvalue weighted by molar-refractivity contribution is -0.164. The molecule has 12 nitrogen and oxygen atoms in total. The topological polar surface area (TPSA) is 158 Å². The standard InChI is InChI=1S/2C18H28O2.2C18H30.4C8H16O2/c2*1-8-9(2)12-6-11(8)15-13-7-14(16(12)15)18(4,10(13)3)17(19)20-5;2*1-9-10(2)12-7-11(9)15-13-8-14(16(12)15)18(5,6)17(13,3)4;4*1-6(2)8(3,4)7(9)10-5/h2*8-16H,6-7H2,1-5H3;2*9-16H,7-8H2,1-6H3;4*6H,1-5H3. The van der Waals surface area contributed by atoms with E-state index in [1.165, 1.54) is 54.1 Å². The summed E-state index contributed by atoms with van der Waals surface area (Å²) in [6.07, 6.45) is 11.7. The molecule has 0 aromatic heterocycles. The lowest BCUT2D eigenvalue weighted by atomic mass is 9.50. The molecule has 16 fully saturated rings. The molecule has 0 N–H and O–H groups in total. The van der Waals surface area contributed by atoms with E-state index >= 15 is 0 Å². The number of fused-ring (bicyclic) bond motifs is 36. The van der Waals surface area contributed by atoms with Crippen molar-refractivity contribution in [3.05, 3.63) is 0 Å². The number of ether oxygens (including phenoxy) is 6. The van der Waals surface area contributed by atoms with Crippen LogP contribution in [0.25, 0.3) is 0 Å². The maximum Gasteiger partial charge on any atom is 0.312 e. The second-order valence-corrected chi connectivity index (χ2v) is 49.1. The van der Waals surface area contributed by atoms with Gasteiger partial charge in [0.05, 0.1) is 75.1 Å². The Morgan fingerprint density at radius 3 is 0.552 bits per heavy atom. The highest BCUT2D eigenvalue weighted by Gasteiger charge is 2.77. The monoisotopic (exact) mass is 1620 g/mol. The second-order valence-electron chi connectivity index (χ2n) is 49.1. The third-order valence-electron chi connectivity index (χ3n) is 44.1. The van der Waals surface area contributed by atoms with Crippen LogP contribution < -0.4 is 0 Å². The van der Waals surface area contributed by atoms with Gasteiger partial charge in [-0.1, -0.05) is 180 Å². The minimum Gasteiger partial charge on any atom is -0.469 e. The maximum absolute atomic E-state index is 12.5. The summed E-state index contributed by atoms with van der Waals surface area (Å²) in [5.41, 5.74) is 0.464. The highest BCUT2D eigenvalue weighted by molar-refractivity contribution is 5.79. The molecule has 0 amide bonds. The summed E-state index contributed by atoms with van der Waals surface area (Å²) in [4.78, 5) is 69.1. The first-order chi connectivity index (χ1) is 53.1. The molecule has 0 heterocycles. The quantitative estimate of drug-likeness (QED) is 0.116. The van der Waals surface area contributed by atoms with Gasteiger partial charge in [0, 0.05) is 0 Å². The van der Waals surface area contributed by atoms with Crippen LogP contribution in [0.1, 0.15) is 301 Å². The molecule has 16 rings (SSSR count). The van der Waals surface area contributed by atoms with Crippen molar-refractivity contribution in [3.8, 4) is 0 Å². The van der Waals surface area contributed by atoms with Gasteiger partial charge in [-0.05, 0) is 367 Å². The number of esters is 6. The molecule has 0 spiro atoms. The fourth-order valence-corrected chi connectivity index (χ4v) is 31.5. The Balaban J connectivity index is 0.000000155. The summed E-state index contributed by atoms with van der Waals surface area (Å²) in [6.45, 7) is 80.9. The molecule has 36 unspecified atom stereocenters. The lowest BCUT2D eigenvalue weighted by Gasteiger charge is -2.55. The first kappa shape index (κ1) is 96.6. The summed E-state index contributed by atoms with van der Waals surface area (Å²) in [5.74, 6) is 32.2. The van der Waals surface area contributed by atoms with E-state index in [0.717, 1.165) is 178 Å². The van der Waals surface area contributed by atoms with Crippen LogP contribution in [0.15, 0.2) is 0 Å². The van der Waals surface area contributed by atoms with Crippen LogP contribution in [-0.4, -0.2) is 78.5 Å². The van der Waals surface area contributed by atoms with Crippen molar-refractivity contribution < 1.29 is 57.2 Å². The van der Waals surface area contributed by atoms with Crippen molar-refractivity contribution in [1.82, 2.24) is 0 Å². The molecule has 0 saturated heterocycles. The normalized spacial score (nSPS) is 45.1. The van der Waals surface area contributed by atoms with Crippen molar-refractivity contribution in [2.24, 2.45) is 279 Å². The molecule has 16 saturated carbocycles. The van der Waals surface area contributed by atoms with E-state index in [9.17, 15) is 28.8 Å². The Kier molecular flexibility index (Phi) is 27.8. The zero-order valence-corrected chi connectivity index (χ0v) is 82.5. The molecular formula is C104H180O12. The predicted molar refractivity (Wildman–Crippen MR) is 470 cm³/mol. The van der Waals surface area contributed by atoms with E-state index in [1.807, 2.05) is 111 Å². The van der Waals surface area contributed by atoms with Crippen molar-refractivity contribution in [2.45, 2.75) is 301 Å². The number of hydrogen-bond acceptors (Lipinski definition) is 12. The molecule has 668 valence electrons. The van der Waals surface area contributed by atoms with Crippen LogP contribution >= 0.6 is 0 Å². The molecule has 0 aromatic carbocycles. The van der Waals surface area contributed by atoms with Crippen LogP contribution in [0.5, 0.6) is 0 Å². The molecule has 16 bridgehead atoms. The SMILES string of the molecule is CC1C(C)C2CC1C1C2C2CC1C(C)(C)C2(C)C.CC1C(C)C2CC1C1C2C2CC1C(C)(C)C2(C)C.COC(=O)C(C)(C)C(C)C.COC(=O)C(C)(C)C(C)C.COC(=O)C(C)(C)C(C)C.COC(=O)C(C)(C)C(C)C.COC(=O)C1(C)C(C)C2CC1C1C3CC(C(C)C3C)C21.COC(=O)C1(C)C(C)C2CC1C1C3CC(C(C)C3C)C21. The van der Waals surface area contributed by atoms with Crippen LogP contribution in [0.2, 0.25) is 0 Å². The van der Waals surface area contributed by atoms with Gasteiger partial charge in [-0.2, -0.15) is 0 Å². The van der Waals surface area contributed by atoms with E-state index in [4.69, 9.17) is 9.47 Å². The molecule has 12 heteroatoms. The van der Waals surface area contributed by atoms with Gasteiger partial charge in [0.2, 0.25) is 0 Å². The second kappa shape index (κ2) is 33.4. The number of carbonyl (C=O) groups is 6. The van der Waals surface area contributed by atoms with Gasteiger partial charge in [0.25, 0.3) is 0 Å². The Morgan fingerprint density at radius 2 is 0.405 bits per heavy atom. The molecule has 0 radical (unpaired) electrons. The van der Waals surface area contributed by atoms with Gasteiger partial charge in [-0.25, -0.2) is 0 Å². The minimum absolute atomic E-state index is 0.0550. The van der Waals surface area contributed by atoms with Gasteiger partial charge in [-0.15, -0.1) is 0 Å². The number of rotatable bonds is 10. The van der Waals surface area contributed by atoms with E-state index in [2.05, 4.69) is 157 Å². The summed E-state index contributed by atoms with van der Waals surface area (Å²) in [7, 11) is 8.82. The highest BCUT2D eigenvalue weighted by atomic mass is 16.5. The zero-order valence-electron chi connectivity index (χ0n) is 82.5. The van der Waals surface area contributed by atoms with E-state index in [-0.39, 0.29) is 68.3 Å². The minimum atomic E-state index is -0.352. The van der Waals surface area contributed by atoms with Gasteiger partial charge >= 0.3 is 35.8 Å². The van der Waals surface area contributed by atoms with E-state index in [0.29, 0.717) is 69.0 Å². The average molecular weight is 1620 g/mol. The van der Waals surface area contributed by atoms with Gasteiger partial charge in [-0.3, -0.25) is 28.8 Å². The summed E-state index contributed by atoms with van der Waals surface area (Å²) >= 11 is 0. The Labute approximate surface area is 711 Å². The number of methoxy groups -OCH3 is 6. The smallest absolute Gasteiger partial charge is 0.312 e. The van der Waals surface area contributed by atoms with Gasteiger partial charge in [0.15, 0.2) is 0 Å². The average Bonchev–Trinajstić information content (AvgIpc) is 1.40. The van der Waals surface area contributed by atoms with Gasteiger partial charge < -0.3 is 28.4 Å². The Morgan fingerprint density at radius 1 is 0.241 bits per heavy atom. The van der Waals surface area contributed by atoms with Gasteiger partial charge in [0.1, 0.15) is 0 Å². The fraction of sp³-hybridized carbons (Fsp3) is 0.942. The molecule has 116 heavy (non-hydrogen) atoms. The van der Waals surface area contributed by atoms with Crippen molar-refractivity contribution in [1.29, 1.82) is 0 Å². The third-order valence-corrected chi connectivity index (χ3v) is 44.1. The Hall–Kier alpha value is -3.18. The molecular weight excluding hydrogens is 1440 g/mol. The molecule has 16 aliphatic carbocycles. The van der Waals surface area contributed by atoms with Crippen LogP contribution in [-0.2, 0) is 57.2 Å². The first-order valence-corrected chi connectivity index (χ1v) is 47.6. The summed E-state index contributed by atoms with van der Waals surface area (Å²) < 4.78 is 28.9. The van der Waals surface area contributed by atoms with Crippen molar-refractivity contribution in [2.75, 3.05) is 42.7 Å². The molecule has 0 aromatic rings. The van der Waals surface area contributed by atoms with Crippen LogP contribution in [0, 0.1) is 279 Å². The highest BCUT2D eigenvalue weighted by Crippen LogP contribution is 2.82. The van der Waals surface area contributed by atoms with E-state index < -0.39 is 0 Å². The zero-order chi connectivity index (χ0) is 88.3. The maximum atomic E-state index is 12.5. The summed E-state index contributed by atoms with van der Waals surface area (Å²) in [5, 5.41) is 0. The van der Waals surface area contributed by atoms with Crippen LogP contribution in [0.3, 0.4) is 0 Å². The molecule has 16 aliphatic rings. The molecule has 0 aliphatic heterocycles. The molecule has 36 atom stereocenters. The van der Waals surface area contributed by atoms with Crippen molar-refractivity contribution >= 4 is 35.8 Å². The largest absolute Gasteiger partial charge is 0.469 e. The van der Waals surface area contributed by atoms with E-state index in [1.54, 1.807) is 39.9 Å².